The molecule has 0 aliphatic heterocycles. The molecule has 0 fully saturated rings. The molecule has 534 valence electrons. The molecule has 0 aromatic rings. The van der Waals surface area contributed by atoms with Crippen molar-refractivity contribution in [3.8, 4) is 0 Å². The summed E-state index contributed by atoms with van der Waals surface area (Å²) >= 11 is 0. The normalized spacial score (nSPS) is 14.4. The minimum absolute atomic E-state index is 0.104. The van der Waals surface area contributed by atoms with Gasteiger partial charge < -0.3 is 33.8 Å². The van der Waals surface area contributed by atoms with Gasteiger partial charge in [-0.3, -0.25) is 37.3 Å². The van der Waals surface area contributed by atoms with Gasteiger partial charge in [0, 0.05) is 25.7 Å². The summed E-state index contributed by atoms with van der Waals surface area (Å²) in [7, 11) is -9.89. The highest BCUT2D eigenvalue weighted by atomic mass is 31.2. The number of esters is 4. The van der Waals surface area contributed by atoms with E-state index in [0.717, 1.165) is 121 Å². The van der Waals surface area contributed by atoms with Gasteiger partial charge in [-0.25, -0.2) is 9.13 Å². The van der Waals surface area contributed by atoms with Crippen LogP contribution in [0.4, 0.5) is 0 Å². The molecule has 0 aliphatic rings. The molecule has 17 nitrogen and oxygen atoms in total. The summed E-state index contributed by atoms with van der Waals surface area (Å²) in [6, 6.07) is 0. The summed E-state index contributed by atoms with van der Waals surface area (Å²) in [5.41, 5.74) is 0. The number of carbonyl (C=O) groups is 4. The van der Waals surface area contributed by atoms with Crippen LogP contribution in [-0.4, -0.2) is 96.7 Å². The second-order valence-electron chi connectivity index (χ2n) is 26.3. The summed E-state index contributed by atoms with van der Waals surface area (Å²) in [5, 5.41) is 10.6. The van der Waals surface area contributed by atoms with E-state index in [1.165, 1.54) is 161 Å². The molecule has 0 heterocycles. The Kier molecular flexibility index (Phi) is 61.8. The van der Waals surface area contributed by atoms with Crippen molar-refractivity contribution in [1.82, 2.24) is 0 Å². The number of hydrogen-bond acceptors (Lipinski definition) is 15. The highest BCUT2D eigenvalue weighted by Gasteiger charge is 2.30. The number of carbonyl (C=O) groups excluding carboxylic acids is 4. The second kappa shape index (κ2) is 63.1. The zero-order valence-corrected chi connectivity index (χ0v) is 60.2. The number of phosphoric ester groups is 2. The third-order valence-corrected chi connectivity index (χ3v) is 18.7. The Labute approximate surface area is 549 Å². The van der Waals surface area contributed by atoms with Crippen LogP contribution in [0.15, 0.2) is 0 Å². The van der Waals surface area contributed by atoms with Gasteiger partial charge in [0.25, 0.3) is 0 Å². The summed E-state index contributed by atoms with van der Waals surface area (Å²) in [5.74, 6) is -0.502. The Morgan fingerprint density at radius 2 is 0.567 bits per heavy atom. The van der Waals surface area contributed by atoms with Gasteiger partial charge >= 0.3 is 39.5 Å². The lowest BCUT2D eigenvalue weighted by Crippen LogP contribution is -2.30. The monoisotopic (exact) mass is 1320 g/mol. The first-order chi connectivity index (χ1) is 43.4. The molecule has 6 atom stereocenters. The van der Waals surface area contributed by atoms with E-state index in [1.54, 1.807) is 0 Å². The minimum Gasteiger partial charge on any atom is -0.462 e. The van der Waals surface area contributed by atoms with E-state index in [1.807, 2.05) is 0 Å². The molecular weight excluding hydrogens is 1190 g/mol. The largest absolute Gasteiger partial charge is 0.472 e. The summed E-state index contributed by atoms with van der Waals surface area (Å²) < 4.78 is 68.1. The second-order valence-corrected chi connectivity index (χ2v) is 29.3. The Morgan fingerprint density at radius 1 is 0.322 bits per heavy atom. The van der Waals surface area contributed by atoms with Crippen molar-refractivity contribution < 1.29 is 80.2 Å². The van der Waals surface area contributed by atoms with Crippen LogP contribution in [0.2, 0.25) is 0 Å². The Morgan fingerprint density at radius 3 is 0.844 bits per heavy atom. The molecule has 0 aliphatic carbocycles. The molecule has 90 heavy (non-hydrogen) atoms. The van der Waals surface area contributed by atoms with Gasteiger partial charge in [-0.2, -0.15) is 0 Å². The number of rotatable bonds is 70. The Balaban J connectivity index is 5.11. The van der Waals surface area contributed by atoms with Crippen molar-refractivity contribution in [3.63, 3.8) is 0 Å². The van der Waals surface area contributed by atoms with E-state index in [9.17, 15) is 43.2 Å². The zero-order valence-electron chi connectivity index (χ0n) is 58.4. The smallest absolute Gasteiger partial charge is 0.462 e. The SMILES string of the molecule is CCCCCCCCCCC(=O)O[C@H](COC(=O)CCCCCCCCC)COP(=O)(O)OC[C@H](O)COP(=O)(O)OC[C@@H](COC(=O)CCCCCCCCCCCCC(C)C)OC(=O)CCCCCCCCCCCCCCCCCCCCC(C)CC. The molecule has 0 aromatic carbocycles. The van der Waals surface area contributed by atoms with Gasteiger partial charge in [0.1, 0.15) is 19.3 Å². The molecule has 3 unspecified atom stereocenters. The van der Waals surface area contributed by atoms with E-state index < -0.39 is 97.5 Å². The maximum Gasteiger partial charge on any atom is 0.472 e. The van der Waals surface area contributed by atoms with Gasteiger partial charge in [0.15, 0.2) is 12.2 Å². The van der Waals surface area contributed by atoms with Crippen LogP contribution in [-0.2, 0) is 65.4 Å². The fourth-order valence-corrected chi connectivity index (χ4v) is 12.3. The summed E-state index contributed by atoms with van der Waals surface area (Å²) in [6.45, 7) is 9.54. The number of unbranched alkanes of at least 4 members (excludes halogenated alkanes) is 39. The molecule has 0 amide bonds. The van der Waals surface area contributed by atoms with Gasteiger partial charge in [0.2, 0.25) is 0 Å². The highest BCUT2D eigenvalue weighted by Crippen LogP contribution is 2.45. The molecule has 19 heteroatoms. The number of ether oxygens (including phenoxy) is 4. The molecule has 0 rings (SSSR count). The van der Waals surface area contributed by atoms with E-state index in [2.05, 4.69) is 41.5 Å². The molecule has 0 radical (unpaired) electrons. The number of phosphoric acid groups is 2. The molecular formula is C71H138O17P2. The van der Waals surface area contributed by atoms with Crippen LogP contribution < -0.4 is 0 Å². The van der Waals surface area contributed by atoms with Crippen LogP contribution in [0.3, 0.4) is 0 Å². The van der Waals surface area contributed by atoms with E-state index in [0.29, 0.717) is 25.7 Å². The van der Waals surface area contributed by atoms with Crippen molar-refractivity contribution in [1.29, 1.82) is 0 Å². The third-order valence-electron chi connectivity index (χ3n) is 16.8. The van der Waals surface area contributed by atoms with Crippen molar-refractivity contribution >= 4 is 39.5 Å². The summed E-state index contributed by atoms with van der Waals surface area (Å²) in [6.07, 6.45) is 48.9. The third kappa shape index (κ3) is 63.5. The molecule has 0 saturated heterocycles. The van der Waals surface area contributed by atoms with Crippen LogP contribution in [0.5, 0.6) is 0 Å². The first-order valence-electron chi connectivity index (χ1n) is 37.0. The number of aliphatic hydroxyl groups is 1. The van der Waals surface area contributed by atoms with Crippen LogP contribution >= 0.6 is 15.6 Å². The van der Waals surface area contributed by atoms with Crippen LogP contribution in [0.25, 0.3) is 0 Å². The first kappa shape index (κ1) is 88.1. The van der Waals surface area contributed by atoms with Gasteiger partial charge in [0.05, 0.1) is 26.4 Å². The van der Waals surface area contributed by atoms with Crippen LogP contribution in [0.1, 0.15) is 363 Å². The standard InChI is InChI=1S/C71H138O17P2/c1-7-10-12-14-16-36-43-49-55-70(75)87-66(59-81-68(73)53-47-41-33-15-13-11-8-2)61-85-89(77,78)83-57-65(72)58-84-90(79,80)86-62-67(60-82-69(74)54-48-42-37-31-28-27-29-34-39-45-51-63(4)5)88-71(76)56-50-44-38-32-26-24-22-20-18-17-19-21-23-25-30-35-40-46-52-64(6)9-3/h63-67,72H,7-62H2,1-6H3,(H,77,78)(H,79,80)/t64?,65-,66+,67+/m0/s1. The molecule has 0 aromatic heterocycles. The first-order valence-corrected chi connectivity index (χ1v) is 40.0. The molecule has 0 saturated carbocycles. The number of hydrogen-bond donors (Lipinski definition) is 3. The lowest BCUT2D eigenvalue weighted by molar-refractivity contribution is -0.161. The lowest BCUT2D eigenvalue weighted by Gasteiger charge is -2.21. The van der Waals surface area contributed by atoms with E-state index in [-0.39, 0.29) is 25.7 Å². The molecule has 0 bridgehead atoms. The van der Waals surface area contributed by atoms with Crippen molar-refractivity contribution in [2.24, 2.45) is 11.8 Å². The van der Waals surface area contributed by atoms with Gasteiger partial charge in [-0.15, -0.1) is 0 Å². The predicted molar refractivity (Wildman–Crippen MR) is 363 cm³/mol. The maximum atomic E-state index is 13.0. The fraction of sp³-hybridized carbons (Fsp3) is 0.944. The Bertz CT molecular complexity index is 1750. The zero-order chi connectivity index (χ0) is 66.5. The van der Waals surface area contributed by atoms with Crippen LogP contribution in [0, 0.1) is 11.8 Å². The van der Waals surface area contributed by atoms with Crippen molar-refractivity contribution in [2.45, 2.75) is 381 Å². The minimum atomic E-state index is -4.95. The van der Waals surface area contributed by atoms with Gasteiger partial charge in [-0.1, -0.05) is 311 Å². The molecule has 0 spiro atoms. The van der Waals surface area contributed by atoms with Crippen molar-refractivity contribution in [2.75, 3.05) is 39.6 Å². The topological polar surface area (TPSA) is 237 Å². The quantitative estimate of drug-likeness (QED) is 0.0222. The van der Waals surface area contributed by atoms with E-state index in [4.69, 9.17) is 37.0 Å². The maximum absolute atomic E-state index is 13.0. The Hall–Kier alpha value is -1.94. The van der Waals surface area contributed by atoms with Gasteiger partial charge in [-0.05, 0) is 37.5 Å². The lowest BCUT2D eigenvalue weighted by atomic mass is 9.99. The van der Waals surface area contributed by atoms with E-state index >= 15 is 0 Å². The van der Waals surface area contributed by atoms with Crippen molar-refractivity contribution in [3.05, 3.63) is 0 Å². The number of aliphatic hydroxyl groups excluding tert-OH is 1. The summed E-state index contributed by atoms with van der Waals surface area (Å²) in [4.78, 5) is 72.3. The average molecular weight is 1330 g/mol. The fourth-order valence-electron chi connectivity index (χ4n) is 10.7. The molecule has 3 N–H and O–H groups in total. The predicted octanol–water partition coefficient (Wildman–Crippen LogP) is 20.4. The highest BCUT2D eigenvalue weighted by molar-refractivity contribution is 7.47. The average Bonchev–Trinajstić information content (AvgIpc) is 2.61.